The smallest absolute Gasteiger partial charge is 0.317 e. The molecule has 0 radical (unpaired) electrons. The molecule has 0 spiro atoms. The molecule has 0 saturated carbocycles. The molecule has 2 aliphatic heterocycles. The summed E-state index contributed by atoms with van der Waals surface area (Å²) < 4.78 is 10.9. The van der Waals surface area contributed by atoms with Crippen LogP contribution in [0.4, 0.5) is 10.5 Å². The number of urea groups is 1. The Kier molecular flexibility index (Phi) is 5.67. The molecule has 0 aromatic heterocycles. The van der Waals surface area contributed by atoms with E-state index < -0.39 is 0 Å². The van der Waals surface area contributed by atoms with Gasteiger partial charge in [-0.25, -0.2) is 4.79 Å². The second-order valence-electron chi connectivity index (χ2n) is 7.16. The van der Waals surface area contributed by atoms with E-state index in [4.69, 9.17) is 9.47 Å². The molecule has 148 valence electrons. The molecule has 0 atom stereocenters. The molecule has 1 saturated heterocycles. The normalized spacial score (nSPS) is 16.5. The number of carbonyl (C=O) groups is 1. The molecular formula is C22H27N3O3. The number of anilines is 1. The van der Waals surface area contributed by atoms with Crippen LogP contribution in [-0.4, -0.2) is 50.9 Å². The van der Waals surface area contributed by atoms with Crippen LogP contribution in [0.25, 0.3) is 0 Å². The van der Waals surface area contributed by atoms with Gasteiger partial charge in [-0.2, -0.15) is 0 Å². The Balaban J connectivity index is 1.40. The van der Waals surface area contributed by atoms with E-state index in [9.17, 15) is 4.79 Å². The van der Waals surface area contributed by atoms with Crippen LogP contribution in [0.1, 0.15) is 16.7 Å². The second kappa shape index (κ2) is 8.52. The van der Waals surface area contributed by atoms with Gasteiger partial charge in [0.1, 0.15) is 5.75 Å². The Hall–Kier alpha value is -2.73. The van der Waals surface area contributed by atoms with E-state index in [2.05, 4.69) is 28.4 Å². The molecule has 0 unspecified atom stereocenters. The lowest BCUT2D eigenvalue weighted by atomic mass is 9.99. The standard InChI is InChI=1S/C22H27N3O3/c1-27-21-8-4-6-18-16-25(10-9-19(18)21)22(26)23-15-17-5-2-3-7-20(17)24-11-13-28-14-12-24/h2-8H,9-16H2,1H3,(H,23,26). The number of nitrogens with one attached hydrogen (secondary N) is 1. The number of fused-ring (bicyclic) bond motifs is 1. The number of carbonyl (C=O) groups excluding carboxylic acids is 1. The van der Waals surface area contributed by atoms with Crippen molar-refractivity contribution in [1.82, 2.24) is 10.2 Å². The van der Waals surface area contributed by atoms with Crippen molar-refractivity contribution in [1.29, 1.82) is 0 Å². The topological polar surface area (TPSA) is 54.0 Å². The Morgan fingerprint density at radius 1 is 1.11 bits per heavy atom. The lowest BCUT2D eigenvalue weighted by molar-refractivity contribution is 0.122. The largest absolute Gasteiger partial charge is 0.496 e. The molecule has 2 heterocycles. The summed E-state index contributed by atoms with van der Waals surface area (Å²) in [4.78, 5) is 17.0. The first-order valence-electron chi connectivity index (χ1n) is 9.84. The number of hydrogen-bond donors (Lipinski definition) is 1. The van der Waals surface area contributed by atoms with E-state index in [-0.39, 0.29) is 6.03 Å². The molecule has 28 heavy (non-hydrogen) atoms. The highest BCUT2D eigenvalue weighted by molar-refractivity contribution is 5.75. The zero-order valence-electron chi connectivity index (χ0n) is 16.3. The monoisotopic (exact) mass is 381 g/mol. The number of amides is 2. The number of hydrogen-bond acceptors (Lipinski definition) is 4. The van der Waals surface area contributed by atoms with Gasteiger partial charge < -0.3 is 24.6 Å². The summed E-state index contributed by atoms with van der Waals surface area (Å²) in [7, 11) is 1.70. The van der Waals surface area contributed by atoms with Crippen molar-refractivity contribution in [3.8, 4) is 5.75 Å². The van der Waals surface area contributed by atoms with Gasteiger partial charge in [0.25, 0.3) is 0 Å². The van der Waals surface area contributed by atoms with Crippen LogP contribution in [0.5, 0.6) is 5.75 Å². The van der Waals surface area contributed by atoms with Gasteiger partial charge in [0, 0.05) is 44.0 Å². The highest BCUT2D eigenvalue weighted by atomic mass is 16.5. The van der Waals surface area contributed by atoms with E-state index in [1.165, 1.54) is 11.3 Å². The fraction of sp³-hybridized carbons (Fsp3) is 0.409. The average molecular weight is 381 g/mol. The molecule has 4 rings (SSSR count). The van der Waals surface area contributed by atoms with Crippen molar-refractivity contribution >= 4 is 11.7 Å². The van der Waals surface area contributed by atoms with Crippen molar-refractivity contribution in [3.63, 3.8) is 0 Å². The Labute approximate surface area is 166 Å². The Bertz CT molecular complexity index is 834. The number of ether oxygens (including phenoxy) is 2. The lowest BCUT2D eigenvalue weighted by Gasteiger charge is -2.32. The fourth-order valence-corrected chi connectivity index (χ4v) is 3.99. The quantitative estimate of drug-likeness (QED) is 0.885. The van der Waals surface area contributed by atoms with E-state index in [0.29, 0.717) is 19.6 Å². The van der Waals surface area contributed by atoms with Crippen LogP contribution in [0.2, 0.25) is 0 Å². The minimum absolute atomic E-state index is 0.0229. The summed E-state index contributed by atoms with van der Waals surface area (Å²) in [5, 5.41) is 3.11. The van der Waals surface area contributed by atoms with Crippen molar-refractivity contribution < 1.29 is 14.3 Å². The number of methoxy groups -OCH3 is 1. The SMILES string of the molecule is COc1cccc2c1CCN(C(=O)NCc1ccccc1N1CCOCC1)C2. The zero-order valence-corrected chi connectivity index (χ0v) is 16.3. The van der Waals surface area contributed by atoms with E-state index in [0.717, 1.165) is 49.6 Å². The third-order valence-electron chi connectivity index (χ3n) is 5.50. The van der Waals surface area contributed by atoms with Crippen molar-refractivity contribution in [2.45, 2.75) is 19.5 Å². The van der Waals surface area contributed by atoms with Crippen molar-refractivity contribution in [2.24, 2.45) is 0 Å². The molecule has 2 aromatic carbocycles. The molecule has 6 heteroatoms. The number of morpholine rings is 1. The highest BCUT2D eigenvalue weighted by Crippen LogP contribution is 2.28. The minimum atomic E-state index is -0.0229. The molecule has 0 bridgehead atoms. The van der Waals surface area contributed by atoms with Gasteiger partial charge in [-0.05, 0) is 29.7 Å². The van der Waals surface area contributed by atoms with Crippen LogP contribution < -0.4 is 15.0 Å². The van der Waals surface area contributed by atoms with Crippen molar-refractivity contribution in [2.75, 3.05) is 44.9 Å². The summed E-state index contributed by atoms with van der Waals surface area (Å²) >= 11 is 0. The summed E-state index contributed by atoms with van der Waals surface area (Å²) in [5.41, 5.74) is 4.69. The molecule has 1 fully saturated rings. The summed E-state index contributed by atoms with van der Waals surface area (Å²) in [6.45, 7) is 5.10. The average Bonchev–Trinajstić information content (AvgIpc) is 2.77. The van der Waals surface area contributed by atoms with E-state index in [1.807, 2.05) is 29.2 Å². The highest BCUT2D eigenvalue weighted by Gasteiger charge is 2.23. The lowest BCUT2D eigenvalue weighted by Crippen LogP contribution is -2.43. The molecule has 2 aromatic rings. The third kappa shape index (κ3) is 3.92. The molecule has 6 nitrogen and oxygen atoms in total. The van der Waals surface area contributed by atoms with Gasteiger partial charge in [-0.15, -0.1) is 0 Å². The first-order chi connectivity index (χ1) is 13.8. The summed E-state index contributed by atoms with van der Waals surface area (Å²) in [5.74, 6) is 0.914. The Morgan fingerprint density at radius 3 is 2.75 bits per heavy atom. The number of benzene rings is 2. The molecule has 2 aliphatic rings. The van der Waals surface area contributed by atoms with Gasteiger partial charge in [-0.3, -0.25) is 0 Å². The predicted molar refractivity (Wildman–Crippen MR) is 109 cm³/mol. The first-order valence-corrected chi connectivity index (χ1v) is 9.84. The van der Waals surface area contributed by atoms with E-state index >= 15 is 0 Å². The Morgan fingerprint density at radius 2 is 1.93 bits per heavy atom. The van der Waals surface area contributed by atoms with Gasteiger partial charge in [0.05, 0.1) is 20.3 Å². The van der Waals surface area contributed by atoms with E-state index in [1.54, 1.807) is 7.11 Å². The summed E-state index contributed by atoms with van der Waals surface area (Å²) in [6.07, 6.45) is 0.817. The van der Waals surface area contributed by atoms with Gasteiger partial charge >= 0.3 is 6.03 Å². The van der Waals surface area contributed by atoms with Crippen LogP contribution in [0.15, 0.2) is 42.5 Å². The number of rotatable bonds is 4. The zero-order chi connectivity index (χ0) is 19.3. The number of para-hydroxylation sites is 1. The van der Waals surface area contributed by atoms with Crippen LogP contribution in [0.3, 0.4) is 0 Å². The number of nitrogens with zero attached hydrogens (tertiary/aromatic N) is 2. The molecule has 1 N–H and O–H groups in total. The van der Waals surface area contributed by atoms with Crippen molar-refractivity contribution in [3.05, 3.63) is 59.2 Å². The maximum absolute atomic E-state index is 12.8. The predicted octanol–water partition coefficient (Wildman–Crippen LogP) is 2.80. The maximum atomic E-state index is 12.8. The van der Waals surface area contributed by atoms with Gasteiger partial charge in [-0.1, -0.05) is 30.3 Å². The van der Waals surface area contributed by atoms with Crippen LogP contribution >= 0.6 is 0 Å². The first kappa shape index (κ1) is 18.6. The fourth-order valence-electron chi connectivity index (χ4n) is 3.99. The summed E-state index contributed by atoms with van der Waals surface area (Å²) in [6, 6.07) is 14.3. The molecule has 2 amide bonds. The molecular weight excluding hydrogens is 354 g/mol. The van der Waals surface area contributed by atoms with Crippen LogP contribution in [0, 0.1) is 0 Å². The second-order valence-corrected chi connectivity index (χ2v) is 7.16. The minimum Gasteiger partial charge on any atom is -0.496 e. The molecule has 0 aliphatic carbocycles. The third-order valence-corrected chi connectivity index (χ3v) is 5.50. The van der Waals surface area contributed by atoms with Crippen LogP contribution in [-0.2, 0) is 24.2 Å². The van der Waals surface area contributed by atoms with Gasteiger partial charge in [0.2, 0.25) is 0 Å². The van der Waals surface area contributed by atoms with Gasteiger partial charge in [0.15, 0.2) is 0 Å². The maximum Gasteiger partial charge on any atom is 0.317 e.